The Hall–Kier alpha value is -1.78. The van der Waals surface area contributed by atoms with Crippen LogP contribution >= 0.6 is 0 Å². The summed E-state index contributed by atoms with van der Waals surface area (Å²) >= 11 is 0. The van der Waals surface area contributed by atoms with Crippen LogP contribution in [0.4, 0.5) is 13.2 Å². The molecule has 0 saturated carbocycles. The van der Waals surface area contributed by atoms with Crippen molar-refractivity contribution in [3.8, 4) is 0 Å². The third kappa shape index (κ3) is 2.82. The van der Waals surface area contributed by atoms with Gasteiger partial charge < -0.3 is 4.57 Å². The van der Waals surface area contributed by atoms with Crippen molar-refractivity contribution in [1.29, 1.82) is 0 Å². The van der Waals surface area contributed by atoms with Crippen LogP contribution in [0.15, 0.2) is 30.5 Å². The van der Waals surface area contributed by atoms with Crippen LogP contribution in [0, 0.1) is 5.92 Å². The molecule has 1 aliphatic heterocycles. The van der Waals surface area contributed by atoms with Crippen LogP contribution in [0.2, 0.25) is 0 Å². The maximum absolute atomic E-state index is 13.0. The van der Waals surface area contributed by atoms with Crippen molar-refractivity contribution in [2.75, 3.05) is 0 Å². The van der Waals surface area contributed by atoms with E-state index in [0.717, 1.165) is 37.0 Å². The van der Waals surface area contributed by atoms with E-state index in [9.17, 15) is 13.2 Å². The van der Waals surface area contributed by atoms with Gasteiger partial charge in [0, 0.05) is 24.9 Å². The Bertz CT molecular complexity index is 643. The van der Waals surface area contributed by atoms with Gasteiger partial charge in [0.1, 0.15) is 5.82 Å². The molecule has 5 heteroatoms. The number of hydrogen-bond acceptors (Lipinski definition) is 1. The molecule has 0 spiro atoms. The molecular formula is C16H17F3N2. The number of nitrogens with zero attached hydrogens (tertiary/aromatic N) is 2. The summed E-state index contributed by atoms with van der Waals surface area (Å²) in [5.74, 6) is 1.35. The van der Waals surface area contributed by atoms with Gasteiger partial charge >= 0.3 is 6.18 Å². The predicted molar refractivity (Wildman–Crippen MR) is 74.0 cm³/mol. The molecule has 1 atom stereocenters. The minimum Gasteiger partial charge on any atom is -0.332 e. The number of halogens is 3. The van der Waals surface area contributed by atoms with E-state index in [4.69, 9.17) is 0 Å². The van der Waals surface area contributed by atoms with Gasteiger partial charge in [0.2, 0.25) is 0 Å². The highest BCUT2D eigenvalue weighted by Crippen LogP contribution is 2.33. The van der Waals surface area contributed by atoms with Gasteiger partial charge in [-0.25, -0.2) is 4.98 Å². The number of aromatic nitrogens is 2. The molecule has 21 heavy (non-hydrogen) atoms. The van der Waals surface area contributed by atoms with Gasteiger partial charge in [0.25, 0.3) is 0 Å². The van der Waals surface area contributed by atoms with Crippen molar-refractivity contribution in [2.45, 2.75) is 38.9 Å². The summed E-state index contributed by atoms with van der Waals surface area (Å²) in [4.78, 5) is 4.35. The first-order valence-corrected chi connectivity index (χ1v) is 7.13. The molecule has 2 nitrogen and oxygen atoms in total. The maximum Gasteiger partial charge on any atom is 0.416 e. The smallest absolute Gasteiger partial charge is 0.332 e. The van der Waals surface area contributed by atoms with Crippen molar-refractivity contribution in [3.05, 3.63) is 53.1 Å². The molecule has 1 aromatic heterocycles. The molecule has 2 heterocycles. The van der Waals surface area contributed by atoms with Gasteiger partial charge in [0.05, 0.1) is 5.56 Å². The van der Waals surface area contributed by atoms with Crippen LogP contribution in [0.25, 0.3) is 0 Å². The first-order chi connectivity index (χ1) is 9.95. The van der Waals surface area contributed by atoms with E-state index < -0.39 is 11.7 Å². The number of benzene rings is 1. The van der Waals surface area contributed by atoms with Crippen LogP contribution < -0.4 is 0 Å². The first-order valence-electron chi connectivity index (χ1n) is 7.13. The van der Waals surface area contributed by atoms with Crippen molar-refractivity contribution < 1.29 is 13.2 Å². The molecule has 1 unspecified atom stereocenters. The second kappa shape index (κ2) is 5.20. The lowest BCUT2D eigenvalue weighted by Gasteiger charge is -2.22. The quantitative estimate of drug-likeness (QED) is 0.816. The van der Waals surface area contributed by atoms with Crippen molar-refractivity contribution in [2.24, 2.45) is 5.92 Å². The maximum atomic E-state index is 13.0. The fraction of sp³-hybridized carbons (Fsp3) is 0.438. The second-order valence-electron chi connectivity index (χ2n) is 5.75. The van der Waals surface area contributed by atoms with E-state index in [1.807, 2.05) is 0 Å². The number of alkyl halides is 3. The molecule has 2 aromatic rings. The Morgan fingerprint density at radius 3 is 2.81 bits per heavy atom. The Morgan fingerprint density at radius 2 is 2.05 bits per heavy atom. The highest BCUT2D eigenvalue weighted by atomic mass is 19.4. The zero-order chi connectivity index (χ0) is 15.0. The van der Waals surface area contributed by atoms with Crippen LogP contribution in [0.3, 0.4) is 0 Å². The monoisotopic (exact) mass is 294 g/mol. The highest BCUT2D eigenvalue weighted by molar-refractivity contribution is 5.32. The molecule has 0 aliphatic carbocycles. The van der Waals surface area contributed by atoms with E-state index in [2.05, 4.69) is 16.5 Å². The summed E-state index contributed by atoms with van der Waals surface area (Å²) in [7, 11) is 0. The average Bonchev–Trinajstić information content (AvgIpc) is 2.80. The normalized spacial score (nSPS) is 18.6. The second-order valence-corrected chi connectivity index (χ2v) is 5.75. The highest BCUT2D eigenvalue weighted by Gasteiger charge is 2.33. The third-order valence-electron chi connectivity index (χ3n) is 4.10. The Kier molecular flexibility index (Phi) is 3.51. The Morgan fingerprint density at radius 1 is 1.29 bits per heavy atom. The van der Waals surface area contributed by atoms with E-state index in [0.29, 0.717) is 5.92 Å². The van der Waals surface area contributed by atoms with Gasteiger partial charge in [-0.05, 0) is 30.4 Å². The summed E-state index contributed by atoms with van der Waals surface area (Å²) in [6.45, 7) is 3.04. The lowest BCUT2D eigenvalue weighted by molar-refractivity contribution is -0.138. The fourth-order valence-corrected chi connectivity index (χ4v) is 2.96. The summed E-state index contributed by atoms with van der Waals surface area (Å²) in [5, 5.41) is 0. The van der Waals surface area contributed by atoms with Crippen LogP contribution in [-0.2, 0) is 25.6 Å². The molecule has 3 rings (SSSR count). The van der Waals surface area contributed by atoms with E-state index >= 15 is 0 Å². The van der Waals surface area contributed by atoms with E-state index in [1.54, 1.807) is 12.3 Å². The Balaban J connectivity index is 1.92. The van der Waals surface area contributed by atoms with Gasteiger partial charge in [-0.1, -0.05) is 25.1 Å². The minimum absolute atomic E-state index is 0.226. The zero-order valence-corrected chi connectivity index (χ0v) is 11.8. The minimum atomic E-state index is -4.32. The van der Waals surface area contributed by atoms with Crippen LogP contribution in [-0.4, -0.2) is 9.55 Å². The molecule has 1 aliphatic rings. The number of fused-ring (bicyclic) bond motifs is 1. The summed E-state index contributed by atoms with van der Waals surface area (Å²) in [5.41, 5.74) is 0.858. The zero-order valence-electron chi connectivity index (χ0n) is 11.8. The number of imidazole rings is 1. The van der Waals surface area contributed by atoms with E-state index in [1.165, 1.54) is 12.1 Å². The summed E-state index contributed by atoms with van der Waals surface area (Å²) in [6.07, 6.45) is -0.279. The van der Waals surface area contributed by atoms with Gasteiger partial charge in [0.15, 0.2) is 0 Å². The molecule has 0 fully saturated rings. The van der Waals surface area contributed by atoms with Crippen molar-refractivity contribution in [3.63, 3.8) is 0 Å². The lowest BCUT2D eigenvalue weighted by atomic mass is 9.98. The van der Waals surface area contributed by atoms with Crippen molar-refractivity contribution >= 4 is 0 Å². The molecular weight excluding hydrogens is 277 g/mol. The number of hydrogen-bond donors (Lipinski definition) is 0. The predicted octanol–water partition coefficient (Wildman–Crippen LogP) is 4.08. The molecule has 112 valence electrons. The third-order valence-corrected chi connectivity index (χ3v) is 4.10. The average molecular weight is 294 g/mol. The number of rotatable bonds is 2. The largest absolute Gasteiger partial charge is 0.416 e. The molecule has 0 radical (unpaired) electrons. The molecule has 0 saturated heterocycles. The molecule has 1 aromatic carbocycles. The van der Waals surface area contributed by atoms with Gasteiger partial charge in [-0.15, -0.1) is 0 Å². The van der Waals surface area contributed by atoms with Crippen LogP contribution in [0.1, 0.15) is 36.0 Å². The fourth-order valence-electron chi connectivity index (χ4n) is 2.96. The van der Waals surface area contributed by atoms with Gasteiger partial charge in [-0.2, -0.15) is 13.2 Å². The molecule has 0 N–H and O–H groups in total. The first kappa shape index (κ1) is 14.2. The van der Waals surface area contributed by atoms with Crippen molar-refractivity contribution in [1.82, 2.24) is 9.55 Å². The Labute approximate surface area is 121 Å². The summed E-state index contributed by atoms with van der Waals surface area (Å²) in [6, 6.07) is 5.75. The standard InChI is InChI=1S/C16H17F3N2/c1-11-6-7-21-13(8-11)10-20-15(21)9-12-4-2-3-5-14(12)16(17,18)19/h2-5,10-11H,6-9H2,1H3. The molecule has 0 amide bonds. The van der Waals surface area contributed by atoms with Gasteiger partial charge in [-0.3, -0.25) is 0 Å². The SMILES string of the molecule is CC1CCn2c(cnc2Cc2ccccc2C(F)(F)F)C1. The topological polar surface area (TPSA) is 17.8 Å². The van der Waals surface area contributed by atoms with E-state index in [-0.39, 0.29) is 12.0 Å². The summed E-state index contributed by atoms with van der Waals surface area (Å²) < 4.78 is 41.2. The molecule has 0 bridgehead atoms. The lowest BCUT2D eigenvalue weighted by Crippen LogP contribution is -2.19. The van der Waals surface area contributed by atoms with Crippen LogP contribution in [0.5, 0.6) is 0 Å².